The second-order valence-electron chi connectivity index (χ2n) is 14.6. The maximum Gasteiger partial charge on any atom is 0.306 e. The molecule has 1 fully saturated rings. The maximum atomic E-state index is 12.7. The summed E-state index contributed by atoms with van der Waals surface area (Å²) in [5.74, 6) is 0.845. The van der Waals surface area contributed by atoms with Gasteiger partial charge in [-0.05, 0) is 24.7 Å². The van der Waals surface area contributed by atoms with Crippen molar-refractivity contribution in [1.29, 1.82) is 0 Å². The minimum Gasteiger partial charge on any atom is -0.462 e. The van der Waals surface area contributed by atoms with Gasteiger partial charge in [0.25, 0.3) is 0 Å². The van der Waals surface area contributed by atoms with E-state index in [1.54, 1.807) is 0 Å². The van der Waals surface area contributed by atoms with E-state index in [4.69, 9.17) is 18.9 Å². The van der Waals surface area contributed by atoms with Gasteiger partial charge in [-0.2, -0.15) is 0 Å². The lowest BCUT2D eigenvalue weighted by Crippen LogP contribution is -2.40. The molecule has 1 rings (SSSR count). The van der Waals surface area contributed by atoms with E-state index < -0.39 is 49.4 Å². The normalized spacial score (nSPS) is 21.7. The van der Waals surface area contributed by atoms with Crippen molar-refractivity contribution in [2.45, 2.75) is 206 Å². The fourth-order valence-corrected chi connectivity index (χ4v) is 6.11. The second kappa shape index (κ2) is 29.3. The highest BCUT2D eigenvalue weighted by Gasteiger charge is 2.46. The summed E-state index contributed by atoms with van der Waals surface area (Å²) >= 11 is 0. The number of unbranched alkanes of at least 4 members (excludes halogenated alkanes) is 14. The Morgan fingerprint density at radius 2 is 1.10 bits per heavy atom. The van der Waals surface area contributed by atoms with Gasteiger partial charge in [0.05, 0.1) is 13.2 Å². The molecule has 0 aromatic heterocycles. The van der Waals surface area contributed by atoms with E-state index in [-0.39, 0.29) is 32.0 Å². The third-order valence-corrected chi connectivity index (χ3v) is 10.0. The highest BCUT2D eigenvalue weighted by Crippen LogP contribution is 2.25. The molecule has 1 aliphatic heterocycles. The van der Waals surface area contributed by atoms with Crippen LogP contribution in [0.15, 0.2) is 0 Å². The molecule has 0 aliphatic carbocycles. The maximum absolute atomic E-state index is 12.7. The summed E-state index contributed by atoms with van der Waals surface area (Å²) in [5, 5.41) is 39.6. The summed E-state index contributed by atoms with van der Waals surface area (Å²) in [4.78, 5) is 25.1. The van der Waals surface area contributed by atoms with Gasteiger partial charge in [0.2, 0.25) is 0 Å². The van der Waals surface area contributed by atoms with Crippen LogP contribution in [0.25, 0.3) is 0 Å². The molecule has 10 heteroatoms. The predicted molar refractivity (Wildman–Crippen MR) is 192 cm³/mol. The summed E-state index contributed by atoms with van der Waals surface area (Å²) in [6, 6.07) is 0. The zero-order valence-corrected chi connectivity index (χ0v) is 31.5. The lowest BCUT2D eigenvalue weighted by molar-refractivity contribution is -0.200. The van der Waals surface area contributed by atoms with Gasteiger partial charge in [-0.25, -0.2) is 0 Å². The van der Waals surface area contributed by atoms with Gasteiger partial charge in [-0.1, -0.05) is 143 Å². The minimum atomic E-state index is -1.48. The number of carbonyl (C=O) groups excluding carboxylic acids is 2. The lowest BCUT2D eigenvalue weighted by Gasteiger charge is -2.22. The number of aliphatic hydroxyl groups is 4. The van der Waals surface area contributed by atoms with Crippen molar-refractivity contribution in [3.63, 3.8) is 0 Å². The molecule has 49 heavy (non-hydrogen) atoms. The Hall–Kier alpha value is -1.30. The predicted octanol–water partition coefficient (Wildman–Crippen LogP) is 7.15. The first-order chi connectivity index (χ1) is 23.6. The number of esters is 2. The van der Waals surface area contributed by atoms with E-state index >= 15 is 0 Å². The highest BCUT2D eigenvalue weighted by atomic mass is 16.7. The van der Waals surface area contributed by atoms with Crippen LogP contribution >= 0.6 is 0 Å². The summed E-state index contributed by atoms with van der Waals surface area (Å²) in [6.07, 6.45) is 15.8. The van der Waals surface area contributed by atoms with Crippen LogP contribution in [0, 0.1) is 11.8 Å². The van der Waals surface area contributed by atoms with Gasteiger partial charge in [0, 0.05) is 12.8 Å². The molecule has 1 aliphatic rings. The molecule has 1 saturated heterocycles. The Morgan fingerprint density at radius 1 is 0.653 bits per heavy atom. The van der Waals surface area contributed by atoms with Crippen LogP contribution in [0.3, 0.4) is 0 Å². The van der Waals surface area contributed by atoms with E-state index in [9.17, 15) is 30.0 Å². The average molecular weight is 703 g/mol. The van der Waals surface area contributed by atoms with E-state index in [0.29, 0.717) is 6.42 Å². The standard InChI is InChI=1S/C39H74O10/c1-5-30(3)23-19-15-11-7-9-13-17-21-25-34(42)46-28-32(29-47-39-37(45)36(44)38(49-39)33(41)27-40)48-35(43)26-22-18-14-10-8-12-16-20-24-31(4)6-2/h30-33,36-41,44-45H,5-29H2,1-4H3/t30?,31?,32?,33-,36-,37-,38-,39-/m1/s1. The lowest BCUT2D eigenvalue weighted by atomic mass is 9.99. The van der Waals surface area contributed by atoms with Crippen LogP contribution in [0.2, 0.25) is 0 Å². The van der Waals surface area contributed by atoms with E-state index in [2.05, 4.69) is 27.7 Å². The van der Waals surface area contributed by atoms with Crippen molar-refractivity contribution in [1.82, 2.24) is 0 Å². The molecule has 0 aromatic carbocycles. The minimum absolute atomic E-state index is 0.202. The molecule has 10 nitrogen and oxygen atoms in total. The summed E-state index contributed by atoms with van der Waals surface area (Å²) in [5.41, 5.74) is 0. The van der Waals surface area contributed by atoms with Crippen molar-refractivity contribution >= 4 is 11.9 Å². The molecule has 0 bridgehead atoms. The van der Waals surface area contributed by atoms with Crippen molar-refractivity contribution in [3.05, 3.63) is 0 Å². The molecule has 4 N–H and O–H groups in total. The van der Waals surface area contributed by atoms with Gasteiger partial charge in [-0.3, -0.25) is 9.59 Å². The number of hydrogen-bond donors (Lipinski definition) is 4. The molecule has 0 radical (unpaired) electrons. The SMILES string of the molecule is CCC(C)CCCCCCCCCCC(=O)OCC(CO[C@@H]1O[C@H]([C@H](O)CO)[C@H](O)[C@H]1O)OC(=O)CCCCCCCCCCC(C)CC. The molecular weight excluding hydrogens is 628 g/mol. The summed E-state index contributed by atoms with van der Waals surface area (Å²) in [6.45, 7) is 8.02. The number of carbonyl (C=O) groups is 2. The molecule has 0 aromatic rings. The molecule has 290 valence electrons. The zero-order chi connectivity index (χ0) is 36.3. The first kappa shape index (κ1) is 45.7. The fraction of sp³-hybridized carbons (Fsp3) is 0.949. The average Bonchev–Trinajstić information content (AvgIpc) is 3.38. The Labute approximate surface area is 298 Å². The van der Waals surface area contributed by atoms with E-state index in [1.165, 1.54) is 83.5 Å². The van der Waals surface area contributed by atoms with Crippen LogP contribution < -0.4 is 0 Å². The van der Waals surface area contributed by atoms with Crippen molar-refractivity contribution in [2.75, 3.05) is 19.8 Å². The molecule has 3 unspecified atom stereocenters. The van der Waals surface area contributed by atoms with Gasteiger partial charge in [-0.15, -0.1) is 0 Å². The molecular formula is C39H74O10. The van der Waals surface area contributed by atoms with Crippen LogP contribution in [-0.2, 0) is 28.5 Å². The number of hydrogen-bond acceptors (Lipinski definition) is 10. The Balaban J connectivity index is 2.39. The van der Waals surface area contributed by atoms with Gasteiger partial charge in [0.1, 0.15) is 31.0 Å². The van der Waals surface area contributed by atoms with Gasteiger partial charge in [0.15, 0.2) is 12.4 Å². The Bertz CT molecular complexity index is 811. The second-order valence-corrected chi connectivity index (χ2v) is 14.6. The number of rotatable bonds is 32. The van der Waals surface area contributed by atoms with E-state index in [1.807, 2.05) is 0 Å². The van der Waals surface area contributed by atoms with Crippen LogP contribution in [-0.4, -0.2) is 89.0 Å². The zero-order valence-electron chi connectivity index (χ0n) is 31.5. The molecule has 0 spiro atoms. The largest absolute Gasteiger partial charge is 0.462 e. The summed E-state index contributed by atoms with van der Waals surface area (Å²) in [7, 11) is 0. The third-order valence-electron chi connectivity index (χ3n) is 10.0. The highest BCUT2D eigenvalue weighted by molar-refractivity contribution is 5.70. The first-order valence-electron chi connectivity index (χ1n) is 19.9. The van der Waals surface area contributed by atoms with Gasteiger partial charge >= 0.3 is 11.9 Å². The number of ether oxygens (including phenoxy) is 4. The van der Waals surface area contributed by atoms with Crippen LogP contribution in [0.5, 0.6) is 0 Å². The summed E-state index contributed by atoms with van der Waals surface area (Å²) < 4.78 is 22.1. The van der Waals surface area contributed by atoms with Crippen molar-refractivity contribution in [3.8, 4) is 0 Å². The Morgan fingerprint density at radius 3 is 1.57 bits per heavy atom. The number of aliphatic hydroxyl groups excluding tert-OH is 4. The van der Waals surface area contributed by atoms with Gasteiger partial charge < -0.3 is 39.4 Å². The molecule has 0 amide bonds. The van der Waals surface area contributed by atoms with Crippen molar-refractivity contribution in [2.24, 2.45) is 11.8 Å². The monoisotopic (exact) mass is 703 g/mol. The van der Waals surface area contributed by atoms with Crippen LogP contribution in [0.4, 0.5) is 0 Å². The topological polar surface area (TPSA) is 152 Å². The smallest absolute Gasteiger partial charge is 0.306 e. The quantitative estimate of drug-likeness (QED) is 0.0420. The van der Waals surface area contributed by atoms with E-state index in [0.717, 1.165) is 50.4 Å². The first-order valence-corrected chi connectivity index (χ1v) is 19.9. The fourth-order valence-electron chi connectivity index (χ4n) is 6.11. The molecule has 0 saturated carbocycles. The van der Waals surface area contributed by atoms with Crippen molar-refractivity contribution < 1.29 is 49.0 Å². The molecule has 8 atom stereocenters. The third kappa shape index (κ3) is 22.3. The van der Waals surface area contributed by atoms with Crippen LogP contribution in [0.1, 0.15) is 169 Å². The Kier molecular flexibility index (Phi) is 27.3. The molecule has 1 heterocycles.